The molecule has 4 rings (SSSR count). The predicted molar refractivity (Wildman–Crippen MR) is 125 cm³/mol. The number of ether oxygens (including phenoxy) is 1. The molecule has 1 fully saturated rings. The van der Waals surface area contributed by atoms with Crippen molar-refractivity contribution in [2.75, 3.05) is 25.9 Å². The Morgan fingerprint density at radius 1 is 1.23 bits per heavy atom. The Labute approximate surface area is 188 Å². The van der Waals surface area contributed by atoms with Gasteiger partial charge in [0.25, 0.3) is 0 Å². The van der Waals surface area contributed by atoms with Gasteiger partial charge in [0, 0.05) is 40.7 Å². The number of fused-ring (bicyclic) bond motifs is 1. The van der Waals surface area contributed by atoms with Gasteiger partial charge in [-0.25, -0.2) is 14.6 Å². The summed E-state index contributed by atoms with van der Waals surface area (Å²) in [5, 5.41) is 6.26. The van der Waals surface area contributed by atoms with Crippen molar-refractivity contribution in [3.05, 3.63) is 39.8 Å². The minimum atomic E-state index is -0.143. The number of aromatic nitrogens is 4. The molecule has 0 saturated carbocycles. The maximum atomic E-state index is 6.74. The Hall–Kier alpha value is -2.38. The quantitative estimate of drug-likeness (QED) is 0.640. The summed E-state index contributed by atoms with van der Waals surface area (Å²) in [6, 6.07) is 1.85. The number of likely N-dealkylation sites (tertiary alicyclic amines) is 1. The van der Waals surface area contributed by atoms with Crippen molar-refractivity contribution in [2.24, 2.45) is 0 Å². The molecule has 0 aliphatic carbocycles. The highest BCUT2D eigenvalue weighted by Gasteiger charge is 2.38. The van der Waals surface area contributed by atoms with E-state index in [0.717, 1.165) is 46.1 Å². The SMILES string of the molecule is COc1c(C(C)n2nc(C)c3c(N)ncnc32)cc(Cl)c(C)c1C1CN(C(C)(C)C)C1. The normalized spacial score (nSPS) is 16.5. The molecule has 31 heavy (non-hydrogen) atoms. The van der Waals surface area contributed by atoms with Crippen molar-refractivity contribution in [1.29, 1.82) is 0 Å². The fraction of sp³-hybridized carbons (Fsp3) is 0.522. The number of hydrogen-bond donors (Lipinski definition) is 1. The maximum Gasteiger partial charge on any atom is 0.164 e. The van der Waals surface area contributed by atoms with Crippen LogP contribution < -0.4 is 10.5 Å². The summed E-state index contributed by atoms with van der Waals surface area (Å²) in [6.45, 7) is 14.8. The third kappa shape index (κ3) is 3.53. The number of rotatable bonds is 4. The molecule has 3 aromatic rings. The van der Waals surface area contributed by atoms with Crippen LogP contribution in [0, 0.1) is 13.8 Å². The van der Waals surface area contributed by atoms with E-state index in [-0.39, 0.29) is 11.6 Å². The van der Waals surface area contributed by atoms with Gasteiger partial charge >= 0.3 is 0 Å². The van der Waals surface area contributed by atoms with Crippen LogP contribution in [-0.4, -0.2) is 50.4 Å². The Morgan fingerprint density at radius 2 is 1.90 bits per heavy atom. The van der Waals surface area contributed by atoms with Crippen LogP contribution in [0.25, 0.3) is 11.0 Å². The molecular formula is C23H31ClN6O. The smallest absolute Gasteiger partial charge is 0.164 e. The van der Waals surface area contributed by atoms with Crippen LogP contribution in [0.5, 0.6) is 5.75 Å². The number of hydrogen-bond acceptors (Lipinski definition) is 6. The topological polar surface area (TPSA) is 82.1 Å². The second-order valence-electron chi connectivity index (χ2n) is 9.46. The Balaban J connectivity index is 1.81. The van der Waals surface area contributed by atoms with E-state index >= 15 is 0 Å². The molecule has 1 saturated heterocycles. The van der Waals surface area contributed by atoms with Crippen LogP contribution >= 0.6 is 11.6 Å². The summed E-state index contributed by atoms with van der Waals surface area (Å²) < 4.78 is 7.89. The lowest BCUT2D eigenvalue weighted by Crippen LogP contribution is -2.54. The number of nitrogens with zero attached hydrogens (tertiary/aromatic N) is 5. The Kier molecular flexibility index (Phi) is 5.38. The van der Waals surface area contributed by atoms with Crippen LogP contribution in [0.15, 0.2) is 12.4 Å². The minimum absolute atomic E-state index is 0.143. The van der Waals surface area contributed by atoms with Gasteiger partial charge in [0.2, 0.25) is 0 Å². The Bertz CT molecular complexity index is 1140. The van der Waals surface area contributed by atoms with E-state index in [2.05, 4.69) is 49.5 Å². The van der Waals surface area contributed by atoms with Gasteiger partial charge in [-0.3, -0.25) is 4.90 Å². The van der Waals surface area contributed by atoms with Gasteiger partial charge in [0.15, 0.2) is 5.65 Å². The highest BCUT2D eigenvalue weighted by Crippen LogP contribution is 2.45. The summed E-state index contributed by atoms with van der Waals surface area (Å²) in [7, 11) is 1.73. The number of nitrogens with two attached hydrogens (primary N) is 1. The van der Waals surface area contributed by atoms with Gasteiger partial charge in [-0.2, -0.15) is 5.10 Å². The largest absolute Gasteiger partial charge is 0.496 e. The van der Waals surface area contributed by atoms with Crippen molar-refractivity contribution in [3.63, 3.8) is 0 Å². The molecule has 1 unspecified atom stereocenters. The number of benzene rings is 1. The molecule has 1 aliphatic rings. The molecule has 1 aromatic carbocycles. The van der Waals surface area contributed by atoms with E-state index in [1.807, 2.05) is 17.7 Å². The van der Waals surface area contributed by atoms with E-state index in [4.69, 9.17) is 27.2 Å². The fourth-order valence-electron chi connectivity index (χ4n) is 4.57. The molecule has 7 nitrogen and oxygen atoms in total. The predicted octanol–water partition coefficient (Wildman–Crippen LogP) is 4.49. The van der Waals surface area contributed by atoms with Crippen LogP contribution in [0.4, 0.5) is 5.82 Å². The van der Waals surface area contributed by atoms with Crippen molar-refractivity contribution in [1.82, 2.24) is 24.6 Å². The van der Waals surface area contributed by atoms with Gasteiger partial charge in [-0.1, -0.05) is 11.6 Å². The van der Waals surface area contributed by atoms with Gasteiger partial charge in [-0.15, -0.1) is 0 Å². The average molecular weight is 443 g/mol. The monoisotopic (exact) mass is 442 g/mol. The van der Waals surface area contributed by atoms with E-state index < -0.39 is 0 Å². The third-order valence-corrected chi connectivity index (χ3v) is 6.90. The lowest BCUT2D eigenvalue weighted by Gasteiger charge is -2.48. The first-order valence-electron chi connectivity index (χ1n) is 10.6. The van der Waals surface area contributed by atoms with E-state index in [9.17, 15) is 0 Å². The van der Waals surface area contributed by atoms with Crippen LogP contribution in [0.2, 0.25) is 5.02 Å². The molecule has 2 N–H and O–H groups in total. The zero-order valence-corrected chi connectivity index (χ0v) is 20.1. The molecule has 0 amide bonds. The maximum absolute atomic E-state index is 6.74. The van der Waals surface area contributed by atoms with E-state index in [1.54, 1.807) is 7.11 Å². The van der Waals surface area contributed by atoms with E-state index in [0.29, 0.717) is 17.4 Å². The fourth-order valence-corrected chi connectivity index (χ4v) is 4.79. The highest BCUT2D eigenvalue weighted by molar-refractivity contribution is 6.31. The van der Waals surface area contributed by atoms with Gasteiger partial charge in [0.1, 0.15) is 17.9 Å². The second kappa shape index (κ2) is 7.64. The number of halogens is 1. The van der Waals surface area contributed by atoms with Crippen LogP contribution in [0.1, 0.15) is 62.0 Å². The molecule has 3 heterocycles. The number of anilines is 1. The highest BCUT2D eigenvalue weighted by atomic mass is 35.5. The summed E-state index contributed by atoms with van der Waals surface area (Å²) in [5.74, 6) is 1.71. The summed E-state index contributed by atoms with van der Waals surface area (Å²) in [4.78, 5) is 11.1. The van der Waals surface area contributed by atoms with Crippen LogP contribution in [-0.2, 0) is 0 Å². The lowest BCUT2D eigenvalue weighted by atomic mass is 9.82. The summed E-state index contributed by atoms with van der Waals surface area (Å²) in [5.41, 5.74) is 11.0. The second-order valence-corrected chi connectivity index (χ2v) is 9.86. The van der Waals surface area contributed by atoms with Crippen molar-refractivity contribution in [3.8, 4) is 5.75 Å². The molecule has 1 aliphatic heterocycles. The minimum Gasteiger partial charge on any atom is -0.496 e. The summed E-state index contributed by atoms with van der Waals surface area (Å²) >= 11 is 6.74. The molecular weight excluding hydrogens is 412 g/mol. The number of methoxy groups -OCH3 is 1. The van der Waals surface area contributed by atoms with Crippen LogP contribution in [0.3, 0.4) is 0 Å². The molecule has 0 radical (unpaired) electrons. The summed E-state index contributed by atoms with van der Waals surface area (Å²) in [6.07, 6.45) is 1.47. The third-order valence-electron chi connectivity index (χ3n) is 6.50. The van der Waals surface area contributed by atoms with Gasteiger partial charge < -0.3 is 10.5 Å². The Morgan fingerprint density at radius 3 is 2.52 bits per heavy atom. The van der Waals surface area contributed by atoms with Gasteiger partial charge in [-0.05, 0) is 53.2 Å². The zero-order chi connectivity index (χ0) is 22.7. The average Bonchev–Trinajstić information content (AvgIpc) is 3.00. The molecule has 0 spiro atoms. The first-order valence-corrected chi connectivity index (χ1v) is 11.0. The molecule has 8 heteroatoms. The van der Waals surface area contributed by atoms with Gasteiger partial charge in [0.05, 0.1) is 24.2 Å². The lowest BCUT2D eigenvalue weighted by molar-refractivity contribution is 0.0459. The molecule has 2 aromatic heterocycles. The molecule has 1 atom stereocenters. The molecule has 166 valence electrons. The molecule has 0 bridgehead atoms. The standard InChI is InChI=1S/C23H31ClN6O/c1-12-17(24)8-16(20(31-7)18(12)15-9-29(10-15)23(4,5)6)14(3)30-22-19(13(2)28-30)21(25)26-11-27-22/h8,11,14-15H,9-10H2,1-7H3,(H2,25,26,27). The van der Waals surface area contributed by atoms with Crippen molar-refractivity contribution >= 4 is 28.5 Å². The first-order chi connectivity index (χ1) is 14.5. The first kappa shape index (κ1) is 21.8. The van der Waals surface area contributed by atoms with Crippen molar-refractivity contribution < 1.29 is 4.74 Å². The van der Waals surface area contributed by atoms with Crippen molar-refractivity contribution in [2.45, 2.75) is 59.0 Å². The zero-order valence-electron chi connectivity index (χ0n) is 19.3. The number of nitrogen functional groups attached to an aromatic ring is 1. The van der Waals surface area contributed by atoms with E-state index in [1.165, 1.54) is 11.9 Å². The number of aryl methyl sites for hydroxylation is 1.